The molecule has 2 heterocycles. The average Bonchev–Trinajstić information content (AvgIpc) is 2.14. The molecule has 4 heteroatoms. The molecule has 4 nitrogen and oxygen atoms in total. The summed E-state index contributed by atoms with van der Waals surface area (Å²) in [6.45, 7) is 7.69. The van der Waals surface area contributed by atoms with Gasteiger partial charge in [-0.2, -0.15) is 0 Å². The van der Waals surface area contributed by atoms with E-state index in [2.05, 4.69) is 19.9 Å². The molecule has 2 rings (SSSR count). The molecule has 0 amide bonds. The summed E-state index contributed by atoms with van der Waals surface area (Å²) in [7, 11) is 0. The molecule has 0 saturated heterocycles. The zero-order valence-electron chi connectivity index (χ0n) is 9.94. The van der Waals surface area contributed by atoms with Crippen LogP contribution in [-0.2, 0) is 0 Å². The zero-order valence-corrected chi connectivity index (χ0v) is 9.94. The first-order valence-corrected chi connectivity index (χ1v) is 5.19. The Morgan fingerprint density at radius 2 is 1.19 bits per heavy atom. The third kappa shape index (κ3) is 2.21. The van der Waals surface area contributed by atoms with Crippen molar-refractivity contribution in [1.29, 1.82) is 0 Å². The van der Waals surface area contributed by atoms with Crippen molar-refractivity contribution >= 4 is 0 Å². The van der Waals surface area contributed by atoms with Crippen LogP contribution in [0.5, 0.6) is 0 Å². The lowest BCUT2D eigenvalue weighted by molar-refractivity contribution is 0.926. The van der Waals surface area contributed by atoms with Crippen molar-refractivity contribution in [2.24, 2.45) is 0 Å². The topological polar surface area (TPSA) is 51.6 Å². The van der Waals surface area contributed by atoms with Crippen molar-refractivity contribution in [3.63, 3.8) is 0 Å². The molecule has 0 radical (unpaired) electrons. The van der Waals surface area contributed by atoms with Gasteiger partial charge in [-0.3, -0.25) is 4.98 Å². The molecule has 2 aromatic heterocycles. The monoisotopic (exact) mass is 214 g/mol. The van der Waals surface area contributed by atoms with Crippen molar-refractivity contribution in [2.75, 3.05) is 0 Å². The van der Waals surface area contributed by atoms with Crippen LogP contribution in [0.1, 0.15) is 23.0 Å². The number of nitrogens with zero attached hydrogens (tertiary/aromatic N) is 4. The van der Waals surface area contributed by atoms with Gasteiger partial charge in [0, 0.05) is 17.0 Å². The number of aromatic nitrogens is 4. The number of hydrogen-bond acceptors (Lipinski definition) is 4. The maximum atomic E-state index is 4.34. The first-order valence-electron chi connectivity index (χ1n) is 5.19. The first-order chi connectivity index (χ1) is 7.54. The van der Waals surface area contributed by atoms with E-state index in [1.165, 1.54) is 0 Å². The molecule has 0 unspecified atom stereocenters. The van der Waals surface area contributed by atoms with Gasteiger partial charge in [-0.05, 0) is 39.8 Å². The van der Waals surface area contributed by atoms with Crippen LogP contribution in [0, 0.1) is 27.7 Å². The summed E-state index contributed by atoms with van der Waals surface area (Å²) in [5, 5.41) is 0. The van der Waals surface area contributed by atoms with Crippen LogP contribution in [0.2, 0.25) is 0 Å². The van der Waals surface area contributed by atoms with Gasteiger partial charge >= 0.3 is 0 Å². The maximum absolute atomic E-state index is 4.34. The van der Waals surface area contributed by atoms with Crippen molar-refractivity contribution in [1.82, 2.24) is 19.9 Å². The molecule has 0 aliphatic carbocycles. The summed E-state index contributed by atoms with van der Waals surface area (Å²) < 4.78 is 0. The third-order valence-electron chi connectivity index (χ3n) is 2.20. The van der Waals surface area contributed by atoms with Gasteiger partial charge < -0.3 is 0 Å². The minimum Gasteiger partial charge on any atom is -0.258 e. The van der Waals surface area contributed by atoms with E-state index in [-0.39, 0.29) is 0 Å². The molecule has 0 aromatic carbocycles. The second-order valence-corrected chi connectivity index (χ2v) is 3.89. The van der Waals surface area contributed by atoms with Gasteiger partial charge in [0.25, 0.3) is 0 Å². The van der Waals surface area contributed by atoms with E-state index in [1.54, 1.807) is 0 Å². The Kier molecular flexibility index (Phi) is 2.64. The quantitative estimate of drug-likeness (QED) is 0.730. The zero-order chi connectivity index (χ0) is 11.7. The summed E-state index contributed by atoms with van der Waals surface area (Å²) in [6, 6.07) is 3.97. The number of pyridine rings is 1. The van der Waals surface area contributed by atoms with Gasteiger partial charge in [0.15, 0.2) is 5.82 Å². The molecule has 2 aromatic rings. The number of aryl methyl sites for hydroxylation is 4. The lowest BCUT2D eigenvalue weighted by atomic mass is 10.2. The summed E-state index contributed by atoms with van der Waals surface area (Å²) in [6.07, 6.45) is 0. The van der Waals surface area contributed by atoms with Crippen LogP contribution in [0.3, 0.4) is 0 Å². The summed E-state index contributed by atoms with van der Waals surface area (Å²) in [4.78, 5) is 17.2. The van der Waals surface area contributed by atoms with E-state index in [0.29, 0.717) is 0 Å². The van der Waals surface area contributed by atoms with Crippen molar-refractivity contribution < 1.29 is 0 Å². The predicted octanol–water partition coefficient (Wildman–Crippen LogP) is 2.17. The van der Waals surface area contributed by atoms with Crippen LogP contribution < -0.4 is 0 Å². The van der Waals surface area contributed by atoms with Gasteiger partial charge in [0.05, 0.1) is 0 Å². The summed E-state index contributed by atoms with van der Waals surface area (Å²) in [5.41, 5.74) is 2.95. The third-order valence-corrected chi connectivity index (χ3v) is 2.20. The normalized spacial score (nSPS) is 10.5. The van der Waals surface area contributed by atoms with E-state index in [1.807, 2.05) is 39.8 Å². The minimum absolute atomic E-state index is 0.721. The number of rotatable bonds is 1. The molecule has 16 heavy (non-hydrogen) atoms. The molecule has 0 atom stereocenters. The Morgan fingerprint density at radius 1 is 0.688 bits per heavy atom. The van der Waals surface area contributed by atoms with Gasteiger partial charge in [0.1, 0.15) is 11.6 Å². The molecule has 0 aliphatic heterocycles. The molecular formula is C12H14N4. The molecular weight excluding hydrogens is 200 g/mol. The van der Waals surface area contributed by atoms with Crippen molar-refractivity contribution in [2.45, 2.75) is 27.7 Å². The van der Waals surface area contributed by atoms with Gasteiger partial charge in [-0.25, -0.2) is 15.0 Å². The standard InChI is InChI=1S/C12H14N4/c1-7-5-11(6-8(2)13-7)12-15-9(3)14-10(4)16-12/h5-6H,1-4H3. The highest BCUT2D eigenvalue weighted by molar-refractivity contribution is 5.55. The van der Waals surface area contributed by atoms with Crippen LogP contribution in [0.25, 0.3) is 11.4 Å². The Hall–Kier alpha value is -1.84. The van der Waals surface area contributed by atoms with Crippen LogP contribution in [-0.4, -0.2) is 19.9 Å². The van der Waals surface area contributed by atoms with Crippen LogP contribution >= 0.6 is 0 Å². The van der Waals surface area contributed by atoms with Gasteiger partial charge in [0.2, 0.25) is 0 Å². The molecule has 82 valence electrons. The summed E-state index contributed by atoms with van der Waals surface area (Å²) >= 11 is 0. The van der Waals surface area contributed by atoms with E-state index in [9.17, 15) is 0 Å². The van der Waals surface area contributed by atoms with Gasteiger partial charge in [-0.1, -0.05) is 0 Å². The van der Waals surface area contributed by atoms with E-state index in [4.69, 9.17) is 0 Å². The fourth-order valence-corrected chi connectivity index (χ4v) is 1.71. The van der Waals surface area contributed by atoms with Gasteiger partial charge in [-0.15, -0.1) is 0 Å². The lowest BCUT2D eigenvalue weighted by Gasteiger charge is -2.04. The Bertz CT molecular complexity index is 445. The van der Waals surface area contributed by atoms with Crippen molar-refractivity contribution in [3.8, 4) is 11.4 Å². The Balaban J connectivity index is 2.57. The number of hydrogen-bond donors (Lipinski definition) is 0. The second-order valence-electron chi connectivity index (χ2n) is 3.89. The SMILES string of the molecule is Cc1cc(-c2nc(C)nc(C)n2)cc(C)n1. The van der Waals surface area contributed by atoms with E-state index in [0.717, 1.165) is 34.4 Å². The maximum Gasteiger partial charge on any atom is 0.163 e. The Morgan fingerprint density at radius 3 is 1.69 bits per heavy atom. The molecule has 0 N–H and O–H groups in total. The fourth-order valence-electron chi connectivity index (χ4n) is 1.71. The smallest absolute Gasteiger partial charge is 0.163 e. The second kappa shape index (κ2) is 3.96. The fraction of sp³-hybridized carbons (Fsp3) is 0.333. The molecule has 0 spiro atoms. The van der Waals surface area contributed by atoms with Crippen LogP contribution in [0.15, 0.2) is 12.1 Å². The van der Waals surface area contributed by atoms with E-state index < -0.39 is 0 Å². The molecule has 0 fully saturated rings. The highest BCUT2D eigenvalue weighted by atomic mass is 15.0. The Labute approximate surface area is 94.8 Å². The lowest BCUT2D eigenvalue weighted by Crippen LogP contribution is -1.99. The highest BCUT2D eigenvalue weighted by Crippen LogP contribution is 2.16. The van der Waals surface area contributed by atoms with Crippen LogP contribution in [0.4, 0.5) is 0 Å². The first kappa shape index (κ1) is 10.7. The largest absolute Gasteiger partial charge is 0.258 e. The van der Waals surface area contributed by atoms with Crippen molar-refractivity contribution in [3.05, 3.63) is 35.2 Å². The van der Waals surface area contributed by atoms with E-state index >= 15 is 0 Å². The minimum atomic E-state index is 0.721. The molecule has 0 aliphatic rings. The molecule has 0 bridgehead atoms. The average molecular weight is 214 g/mol. The highest BCUT2D eigenvalue weighted by Gasteiger charge is 2.05. The predicted molar refractivity (Wildman–Crippen MR) is 62.0 cm³/mol. The summed E-state index contributed by atoms with van der Waals surface area (Å²) in [5.74, 6) is 2.21. The molecule has 0 saturated carbocycles.